The van der Waals surface area contributed by atoms with Gasteiger partial charge in [0.1, 0.15) is 5.75 Å². The Balaban J connectivity index is 1.35. The van der Waals surface area contributed by atoms with E-state index in [0.29, 0.717) is 12.1 Å². The molecule has 2 amide bonds. The van der Waals surface area contributed by atoms with Gasteiger partial charge in [0, 0.05) is 24.3 Å². The topological polar surface area (TPSA) is 58.6 Å². The largest absolute Gasteiger partial charge is 0.484 e. The molecule has 2 aromatic carbocycles. The van der Waals surface area contributed by atoms with Gasteiger partial charge < -0.3 is 15.0 Å². The summed E-state index contributed by atoms with van der Waals surface area (Å²) in [5.41, 5.74) is 5.35. The number of ether oxygens (including phenoxy) is 1. The molecule has 5 nitrogen and oxygen atoms in total. The molecular weight excluding hydrogens is 352 g/mol. The second-order valence-corrected chi connectivity index (χ2v) is 7.62. The Kier molecular flexibility index (Phi) is 5.33. The van der Waals surface area contributed by atoms with Crippen molar-refractivity contribution in [3.8, 4) is 5.75 Å². The molecule has 1 aliphatic carbocycles. The van der Waals surface area contributed by atoms with Crippen molar-refractivity contribution < 1.29 is 14.3 Å². The lowest BCUT2D eigenvalue weighted by molar-refractivity contribution is -0.118. The average molecular weight is 378 g/mol. The van der Waals surface area contributed by atoms with E-state index in [4.69, 9.17) is 4.74 Å². The number of aryl methyl sites for hydroxylation is 3. The van der Waals surface area contributed by atoms with E-state index in [1.165, 1.54) is 24.0 Å². The zero-order chi connectivity index (χ0) is 19.5. The average Bonchev–Trinajstić information content (AvgIpc) is 3.12. The highest BCUT2D eigenvalue weighted by Crippen LogP contribution is 2.28. The molecule has 2 aliphatic rings. The number of hydrogen-bond donors (Lipinski definition) is 1. The second-order valence-electron chi connectivity index (χ2n) is 7.62. The van der Waals surface area contributed by atoms with E-state index in [1.54, 1.807) is 0 Å². The number of hydrogen-bond acceptors (Lipinski definition) is 3. The van der Waals surface area contributed by atoms with Crippen molar-refractivity contribution in [1.82, 2.24) is 0 Å². The standard InChI is InChI=1S/C23H26N2O3/c1-16-13-19(9-11-21(16)25-12-4-7-23(25)27)24-22(26)15-28-20-10-8-17-5-2-3-6-18(17)14-20/h8-11,13-14H,2-7,12,15H2,1H3,(H,24,26). The first-order chi connectivity index (χ1) is 13.6. The maximum atomic E-state index is 12.3. The summed E-state index contributed by atoms with van der Waals surface area (Å²) < 4.78 is 5.69. The number of benzene rings is 2. The third kappa shape index (κ3) is 4.03. The quantitative estimate of drug-likeness (QED) is 0.855. The minimum atomic E-state index is -0.192. The van der Waals surface area contributed by atoms with E-state index in [2.05, 4.69) is 17.4 Å². The van der Waals surface area contributed by atoms with Gasteiger partial charge in [-0.3, -0.25) is 9.59 Å². The van der Waals surface area contributed by atoms with Crippen LogP contribution in [0.25, 0.3) is 0 Å². The second kappa shape index (κ2) is 8.05. The Bertz CT molecular complexity index is 907. The lowest BCUT2D eigenvalue weighted by Crippen LogP contribution is -2.24. The maximum absolute atomic E-state index is 12.3. The van der Waals surface area contributed by atoms with Crippen LogP contribution in [0.5, 0.6) is 5.75 Å². The first-order valence-electron chi connectivity index (χ1n) is 10.1. The number of carbonyl (C=O) groups is 2. The van der Waals surface area contributed by atoms with Crippen LogP contribution in [-0.2, 0) is 22.4 Å². The predicted octanol–water partition coefficient (Wildman–Crippen LogP) is 4.02. The van der Waals surface area contributed by atoms with Crippen molar-refractivity contribution in [3.05, 3.63) is 53.1 Å². The molecule has 1 fully saturated rings. The first-order valence-corrected chi connectivity index (χ1v) is 10.1. The summed E-state index contributed by atoms with van der Waals surface area (Å²) in [4.78, 5) is 26.0. The van der Waals surface area contributed by atoms with Crippen LogP contribution < -0.4 is 15.0 Å². The van der Waals surface area contributed by atoms with E-state index >= 15 is 0 Å². The molecule has 28 heavy (non-hydrogen) atoms. The van der Waals surface area contributed by atoms with Gasteiger partial charge in [0.2, 0.25) is 5.91 Å². The van der Waals surface area contributed by atoms with Crippen molar-refractivity contribution in [3.63, 3.8) is 0 Å². The van der Waals surface area contributed by atoms with Gasteiger partial charge in [0.25, 0.3) is 5.91 Å². The molecular formula is C23H26N2O3. The minimum Gasteiger partial charge on any atom is -0.484 e. The fourth-order valence-corrected chi connectivity index (χ4v) is 4.08. The van der Waals surface area contributed by atoms with Crippen molar-refractivity contribution in [1.29, 1.82) is 0 Å². The van der Waals surface area contributed by atoms with E-state index < -0.39 is 0 Å². The summed E-state index contributed by atoms with van der Waals surface area (Å²) in [7, 11) is 0. The molecule has 1 saturated heterocycles. The molecule has 2 aromatic rings. The molecule has 0 unspecified atom stereocenters. The number of nitrogens with zero attached hydrogens (tertiary/aromatic N) is 1. The van der Waals surface area contributed by atoms with Gasteiger partial charge in [0.15, 0.2) is 6.61 Å². The number of amides is 2. The van der Waals surface area contributed by atoms with Gasteiger partial charge in [-0.2, -0.15) is 0 Å². The summed E-state index contributed by atoms with van der Waals surface area (Å²) in [6, 6.07) is 11.8. The Morgan fingerprint density at radius 3 is 2.61 bits per heavy atom. The summed E-state index contributed by atoms with van der Waals surface area (Å²) in [5.74, 6) is 0.718. The van der Waals surface area contributed by atoms with Crippen LogP contribution in [0.15, 0.2) is 36.4 Å². The number of fused-ring (bicyclic) bond motifs is 1. The van der Waals surface area contributed by atoms with Crippen molar-refractivity contribution >= 4 is 23.2 Å². The predicted molar refractivity (Wildman–Crippen MR) is 110 cm³/mol. The van der Waals surface area contributed by atoms with Crippen LogP contribution >= 0.6 is 0 Å². The molecule has 146 valence electrons. The molecule has 4 rings (SSSR count). The zero-order valence-corrected chi connectivity index (χ0v) is 16.3. The van der Waals surface area contributed by atoms with Crippen molar-refractivity contribution in [2.24, 2.45) is 0 Å². The Morgan fingerprint density at radius 1 is 1.04 bits per heavy atom. The highest BCUT2D eigenvalue weighted by atomic mass is 16.5. The van der Waals surface area contributed by atoms with Gasteiger partial charge in [0.05, 0.1) is 0 Å². The maximum Gasteiger partial charge on any atom is 0.262 e. The molecule has 5 heteroatoms. The number of nitrogens with one attached hydrogen (secondary N) is 1. The van der Waals surface area contributed by atoms with Gasteiger partial charge in [-0.1, -0.05) is 6.07 Å². The normalized spacial score (nSPS) is 16.0. The molecule has 0 aromatic heterocycles. The van der Waals surface area contributed by atoms with E-state index in [-0.39, 0.29) is 18.4 Å². The monoisotopic (exact) mass is 378 g/mol. The smallest absolute Gasteiger partial charge is 0.262 e. The number of carbonyl (C=O) groups excluding carboxylic acids is 2. The molecule has 0 saturated carbocycles. The minimum absolute atomic E-state index is 0.0236. The fourth-order valence-electron chi connectivity index (χ4n) is 4.08. The fraction of sp³-hybridized carbons (Fsp3) is 0.391. The van der Waals surface area contributed by atoms with Crippen LogP contribution in [0, 0.1) is 6.92 Å². The first kappa shape index (κ1) is 18.5. The van der Waals surface area contributed by atoms with Crippen LogP contribution in [0.4, 0.5) is 11.4 Å². The Labute approximate surface area is 165 Å². The van der Waals surface area contributed by atoms with E-state index in [9.17, 15) is 9.59 Å². The van der Waals surface area contributed by atoms with Crippen molar-refractivity contribution in [2.45, 2.75) is 45.4 Å². The van der Waals surface area contributed by atoms with Crippen LogP contribution in [0.2, 0.25) is 0 Å². The number of anilines is 2. The third-order valence-corrected chi connectivity index (χ3v) is 5.53. The van der Waals surface area contributed by atoms with Crippen molar-refractivity contribution in [2.75, 3.05) is 23.4 Å². The highest BCUT2D eigenvalue weighted by Gasteiger charge is 2.23. The molecule has 1 aliphatic heterocycles. The SMILES string of the molecule is Cc1cc(NC(=O)COc2ccc3c(c2)CCCC3)ccc1N1CCCC1=O. The summed E-state index contributed by atoms with van der Waals surface area (Å²) in [6.07, 6.45) is 6.20. The van der Waals surface area contributed by atoms with Gasteiger partial charge >= 0.3 is 0 Å². The summed E-state index contributed by atoms with van der Waals surface area (Å²) >= 11 is 0. The van der Waals surface area contributed by atoms with Crippen LogP contribution in [0.1, 0.15) is 42.4 Å². The lowest BCUT2D eigenvalue weighted by Gasteiger charge is -2.19. The van der Waals surface area contributed by atoms with Gasteiger partial charge in [-0.25, -0.2) is 0 Å². The molecule has 0 radical (unpaired) electrons. The van der Waals surface area contributed by atoms with Gasteiger partial charge in [-0.15, -0.1) is 0 Å². The van der Waals surface area contributed by atoms with Crippen LogP contribution in [0.3, 0.4) is 0 Å². The molecule has 0 atom stereocenters. The van der Waals surface area contributed by atoms with Crippen LogP contribution in [-0.4, -0.2) is 25.0 Å². The van der Waals surface area contributed by atoms with E-state index in [0.717, 1.165) is 42.8 Å². The Hall–Kier alpha value is -2.82. The van der Waals surface area contributed by atoms with Gasteiger partial charge in [-0.05, 0) is 86.1 Å². The molecule has 1 heterocycles. The highest BCUT2D eigenvalue weighted by molar-refractivity contribution is 5.97. The zero-order valence-electron chi connectivity index (χ0n) is 16.3. The molecule has 0 bridgehead atoms. The number of rotatable bonds is 5. The molecule has 1 N–H and O–H groups in total. The molecule has 0 spiro atoms. The third-order valence-electron chi connectivity index (χ3n) is 5.53. The summed E-state index contributed by atoms with van der Waals surface area (Å²) in [6.45, 7) is 2.70. The Morgan fingerprint density at radius 2 is 1.86 bits per heavy atom. The summed E-state index contributed by atoms with van der Waals surface area (Å²) in [5, 5.41) is 2.88. The van der Waals surface area contributed by atoms with E-state index in [1.807, 2.05) is 36.1 Å². The lowest BCUT2D eigenvalue weighted by atomic mass is 9.92.